The zero-order valence-corrected chi connectivity index (χ0v) is 17.1. The van der Waals surface area contributed by atoms with Crippen LogP contribution in [0, 0.1) is 0 Å². The van der Waals surface area contributed by atoms with Crippen LogP contribution in [0.3, 0.4) is 0 Å². The first-order valence-corrected chi connectivity index (χ1v) is 10.0. The first kappa shape index (κ1) is 20.1. The highest BCUT2D eigenvalue weighted by Gasteiger charge is 2.31. The smallest absolute Gasteiger partial charge is 0.224 e. The third-order valence-corrected chi connectivity index (χ3v) is 5.84. The van der Waals surface area contributed by atoms with Crippen molar-refractivity contribution in [2.75, 3.05) is 27.6 Å². The van der Waals surface area contributed by atoms with Gasteiger partial charge in [0, 0.05) is 5.56 Å². The molecular weight excluding hydrogens is 378 g/mol. The molecule has 0 fully saturated rings. The van der Waals surface area contributed by atoms with Crippen LogP contribution in [0.25, 0.3) is 11.1 Å². The molecule has 28 heavy (non-hydrogen) atoms. The number of rotatable bonds is 5. The number of benzene rings is 1. The van der Waals surface area contributed by atoms with E-state index in [1.807, 2.05) is 18.4 Å². The lowest BCUT2D eigenvalue weighted by molar-refractivity contribution is -0.119. The van der Waals surface area contributed by atoms with E-state index < -0.39 is 11.8 Å². The molecule has 1 atom stereocenters. The number of thioether (sulfide) groups is 1. The molecule has 7 heteroatoms. The lowest BCUT2D eigenvalue weighted by Crippen LogP contribution is -2.22. The fraction of sp³-hybridized carbons (Fsp3) is 0.333. The fourth-order valence-electron chi connectivity index (χ4n) is 3.76. The van der Waals surface area contributed by atoms with Crippen molar-refractivity contribution in [3.63, 3.8) is 0 Å². The Morgan fingerprint density at radius 2 is 1.82 bits per heavy atom. The molecule has 1 amide bonds. The number of primary amides is 1. The van der Waals surface area contributed by atoms with E-state index in [1.54, 1.807) is 27.4 Å². The van der Waals surface area contributed by atoms with Crippen LogP contribution in [-0.4, -0.2) is 33.5 Å². The second-order valence-corrected chi connectivity index (χ2v) is 7.30. The van der Waals surface area contributed by atoms with Crippen LogP contribution >= 0.6 is 11.8 Å². The maximum absolute atomic E-state index is 12.6. The number of carbonyl (C=O) groups excluding carboxylic acids is 1. The van der Waals surface area contributed by atoms with Gasteiger partial charge < -0.3 is 19.9 Å². The molecule has 0 spiro atoms. The van der Waals surface area contributed by atoms with Crippen molar-refractivity contribution in [3.05, 3.63) is 45.6 Å². The predicted octanol–water partition coefficient (Wildman–Crippen LogP) is 2.98. The number of nitrogens with two attached hydrogens (primary N) is 1. The Morgan fingerprint density at radius 1 is 1.11 bits per heavy atom. The van der Waals surface area contributed by atoms with Crippen molar-refractivity contribution < 1.29 is 19.0 Å². The topological polar surface area (TPSA) is 87.8 Å². The zero-order valence-electron chi connectivity index (χ0n) is 16.3. The molecular formula is C21H23NO5S. The van der Waals surface area contributed by atoms with E-state index in [-0.39, 0.29) is 5.43 Å². The van der Waals surface area contributed by atoms with E-state index in [0.29, 0.717) is 40.5 Å². The minimum atomic E-state index is -0.570. The molecule has 2 aromatic rings. The van der Waals surface area contributed by atoms with Crippen molar-refractivity contribution in [3.8, 4) is 28.4 Å². The number of methoxy groups -OCH3 is 3. The van der Waals surface area contributed by atoms with E-state index in [0.717, 1.165) is 16.7 Å². The van der Waals surface area contributed by atoms with Gasteiger partial charge in [0.15, 0.2) is 16.9 Å². The van der Waals surface area contributed by atoms with Gasteiger partial charge in [0.2, 0.25) is 11.7 Å². The summed E-state index contributed by atoms with van der Waals surface area (Å²) in [7, 11) is 4.67. The summed E-state index contributed by atoms with van der Waals surface area (Å²) in [6.45, 7) is 0. The van der Waals surface area contributed by atoms with Crippen LogP contribution in [0.2, 0.25) is 0 Å². The Hall–Kier alpha value is -2.67. The van der Waals surface area contributed by atoms with E-state index in [1.165, 1.54) is 17.8 Å². The number of fused-ring (bicyclic) bond motifs is 3. The van der Waals surface area contributed by atoms with Gasteiger partial charge in [0.1, 0.15) is 0 Å². The maximum atomic E-state index is 12.6. The lowest BCUT2D eigenvalue weighted by atomic mass is 9.92. The van der Waals surface area contributed by atoms with Gasteiger partial charge in [0.25, 0.3) is 0 Å². The maximum Gasteiger partial charge on any atom is 0.224 e. The van der Waals surface area contributed by atoms with Crippen molar-refractivity contribution in [1.29, 1.82) is 0 Å². The van der Waals surface area contributed by atoms with Gasteiger partial charge in [-0.3, -0.25) is 9.59 Å². The Bertz CT molecular complexity index is 989. The molecule has 0 bridgehead atoms. The Labute approximate surface area is 168 Å². The van der Waals surface area contributed by atoms with Crippen molar-refractivity contribution in [2.24, 2.45) is 5.73 Å². The van der Waals surface area contributed by atoms with Crippen LogP contribution in [0.5, 0.6) is 17.2 Å². The second kappa shape index (κ2) is 8.14. The number of hydrogen-bond donors (Lipinski definition) is 1. The summed E-state index contributed by atoms with van der Waals surface area (Å²) >= 11 is 1.36. The Morgan fingerprint density at radius 3 is 2.39 bits per heavy atom. The molecule has 0 saturated carbocycles. The van der Waals surface area contributed by atoms with Crippen LogP contribution in [0.1, 0.15) is 23.5 Å². The third-order valence-electron chi connectivity index (χ3n) is 5.06. The van der Waals surface area contributed by atoms with Crippen LogP contribution in [0.15, 0.2) is 34.0 Å². The van der Waals surface area contributed by atoms with Gasteiger partial charge in [0.05, 0.1) is 32.1 Å². The standard InChI is InChI=1S/C21H23NO5S/c1-25-16-9-11-5-6-13(21(22)24)14-10-15(23)17(28-4)8-7-12(14)18(11)20(27-3)19(16)26-2/h7-10,13H,5-6H2,1-4H3,(H2,22,24). The zero-order chi connectivity index (χ0) is 20.4. The highest BCUT2D eigenvalue weighted by atomic mass is 32.2. The molecule has 0 aromatic heterocycles. The van der Waals surface area contributed by atoms with Crippen LogP contribution in [0.4, 0.5) is 0 Å². The Kier molecular flexibility index (Phi) is 5.84. The molecule has 1 unspecified atom stereocenters. The van der Waals surface area contributed by atoms with Crippen molar-refractivity contribution >= 4 is 17.7 Å². The molecule has 1 aliphatic rings. The summed E-state index contributed by atoms with van der Waals surface area (Å²) in [5, 5.41) is 0. The average Bonchev–Trinajstić information content (AvgIpc) is 2.93. The Balaban J connectivity index is 2.46. The molecule has 2 N–H and O–H groups in total. The van der Waals surface area contributed by atoms with Gasteiger partial charge in [-0.25, -0.2) is 0 Å². The highest BCUT2D eigenvalue weighted by molar-refractivity contribution is 7.98. The highest BCUT2D eigenvalue weighted by Crippen LogP contribution is 2.50. The third kappa shape index (κ3) is 3.30. The van der Waals surface area contributed by atoms with Crippen LogP contribution in [-0.2, 0) is 11.2 Å². The fourth-order valence-corrected chi connectivity index (χ4v) is 4.23. The van der Waals surface area contributed by atoms with Crippen molar-refractivity contribution in [1.82, 2.24) is 0 Å². The number of aryl methyl sites for hydroxylation is 1. The number of amides is 1. The molecule has 3 rings (SSSR count). The van der Waals surface area contributed by atoms with Gasteiger partial charge in [-0.05, 0) is 54.0 Å². The summed E-state index contributed by atoms with van der Waals surface area (Å²) in [6, 6.07) is 7.05. The molecule has 2 aromatic carbocycles. The van der Waals surface area contributed by atoms with Crippen LogP contribution < -0.4 is 25.4 Å². The molecule has 0 aliphatic heterocycles. The minimum Gasteiger partial charge on any atom is -0.493 e. The lowest BCUT2D eigenvalue weighted by Gasteiger charge is -2.19. The number of ether oxygens (including phenoxy) is 3. The van der Waals surface area contributed by atoms with E-state index in [9.17, 15) is 9.59 Å². The summed E-state index contributed by atoms with van der Waals surface area (Å²) in [5.41, 5.74) is 8.66. The molecule has 0 saturated heterocycles. The normalized spacial score (nSPS) is 15.1. The summed E-state index contributed by atoms with van der Waals surface area (Å²) in [5.74, 6) is 0.493. The second-order valence-electron chi connectivity index (χ2n) is 6.45. The monoisotopic (exact) mass is 401 g/mol. The van der Waals surface area contributed by atoms with E-state index >= 15 is 0 Å². The molecule has 148 valence electrons. The first-order valence-electron chi connectivity index (χ1n) is 8.80. The van der Waals surface area contributed by atoms with Gasteiger partial charge in [-0.1, -0.05) is 6.07 Å². The quantitative estimate of drug-likeness (QED) is 0.775. The summed E-state index contributed by atoms with van der Waals surface area (Å²) < 4.78 is 16.7. The van der Waals surface area contributed by atoms with Gasteiger partial charge in [-0.2, -0.15) is 0 Å². The van der Waals surface area contributed by atoms with E-state index in [2.05, 4.69) is 0 Å². The minimum absolute atomic E-state index is 0.136. The van der Waals surface area contributed by atoms with E-state index in [4.69, 9.17) is 19.9 Å². The molecule has 6 nitrogen and oxygen atoms in total. The SMILES string of the molecule is COc1cc2c(c(OC)c1OC)-c1ccc(SC)c(=O)cc1C(C(N)=O)CC2. The number of carbonyl (C=O) groups is 1. The van der Waals surface area contributed by atoms with Gasteiger partial charge in [-0.15, -0.1) is 11.8 Å². The molecule has 1 aliphatic carbocycles. The summed E-state index contributed by atoms with van der Waals surface area (Å²) in [4.78, 5) is 25.5. The average molecular weight is 401 g/mol. The number of hydrogen-bond acceptors (Lipinski definition) is 6. The molecule has 0 radical (unpaired) electrons. The van der Waals surface area contributed by atoms with Gasteiger partial charge >= 0.3 is 0 Å². The predicted molar refractivity (Wildman–Crippen MR) is 110 cm³/mol. The largest absolute Gasteiger partial charge is 0.493 e. The summed E-state index contributed by atoms with van der Waals surface area (Å²) in [6.07, 6.45) is 2.92. The molecule has 0 heterocycles. The van der Waals surface area contributed by atoms with Crippen molar-refractivity contribution in [2.45, 2.75) is 23.7 Å². The first-order chi connectivity index (χ1) is 13.5.